The molecule has 1 aromatic heterocycles. The third kappa shape index (κ3) is 2.50. The van der Waals surface area contributed by atoms with E-state index in [9.17, 15) is 4.79 Å². The molecule has 1 aromatic rings. The minimum Gasteiger partial charge on any atom is -0.366 e. The van der Waals surface area contributed by atoms with Gasteiger partial charge in [0.15, 0.2) is 0 Å². The Labute approximate surface area is 112 Å². The van der Waals surface area contributed by atoms with Crippen LogP contribution < -0.4 is 10.6 Å². The van der Waals surface area contributed by atoms with Gasteiger partial charge in [0.1, 0.15) is 6.10 Å². The van der Waals surface area contributed by atoms with E-state index in [-0.39, 0.29) is 18.1 Å². The van der Waals surface area contributed by atoms with Crippen LogP contribution in [0.2, 0.25) is 0 Å². The number of hydrogen-bond acceptors (Lipinski definition) is 4. The number of rotatable bonds is 2. The molecule has 2 aliphatic rings. The van der Waals surface area contributed by atoms with Crippen molar-refractivity contribution in [3.63, 3.8) is 0 Å². The maximum atomic E-state index is 12.2. The van der Waals surface area contributed by atoms with Gasteiger partial charge in [-0.3, -0.25) is 9.48 Å². The number of carbonyl (C=O) groups is 1. The summed E-state index contributed by atoms with van der Waals surface area (Å²) in [6.07, 6.45) is 4.61. The minimum absolute atomic E-state index is 0.0195. The molecule has 104 valence electrons. The number of morpholine rings is 1. The molecule has 2 atom stereocenters. The van der Waals surface area contributed by atoms with Crippen molar-refractivity contribution in [2.45, 2.75) is 31.4 Å². The Bertz CT molecular complexity index is 465. The normalized spacial score (nSPS) is 26.8. The highest BCUT2D eigenvalue weighted by Gasteiger charge is 2.28. The molecule has 19 heavy (non-hydrogen) atoms. The summed E-state index contributed by atoms with van der Waals surface area (Å²) in [6.45, 7) is 2.01. The van der Waals surface area contributed by atoms with Crippen LogP contribution >= 0.6 is 0 Å². The minimum atomic E-state index is -0.365. The number of carbonyl (C=O) groups excluding carboxylic acids is 1. The van der Waals surface area contributed by atoms with Gasteiger partial charge in [-0.2, -0.15) is 5.10 Å². The van der Waals surface area contributed by atoms with Gasteiger partial charge in [-0.15, -0.1) is 0 Å². The van der Waals surface area contributed by atoms with Gasteiger partial charge in [-0.25, -0.2) is 0 Å². The third-order valence-corrected chi connectivity index (χ3v) is 3.91. The smallest absolute Gasteiger partial charge is 0.250 e. The number of aromatic nitrogens is 2. The standard InChI is InChI=1S/C13H20N4O2/c1-17-11-4-2-3-10(9(11)7-15-17)16-13(18)12-8-14-5-6-19-12/h7,10,12,14H,2-6,8H2,1H3,(H,16,18). The summed E-state index contributed by atoms with van der Waals surface area (Å²) in [4.78, 5) is 12.2. The van der Waals surface area contributed by atoms with Crippen LogP contribution in [0, 0.1) is 0 Å². The topological polar surface area (TPSA) is 68.2 Å². The van der Waals surface area contributed by atoms with Crippen molar-refractivity contribution in [1.29, 1.82) is 0 Å². The van der Waals surface area contributed by atoms with Crippen molar-refractivity contribution in [2.24, 2.45) is 7.05 Å². The fourth-order valence-corrected chi connectivity index (χ4v) is 2.85. The molecule has 1 aliphatic heterocycles. The largest absolute Gasteiger partial charge is 0.366 e. The fraction of sp³-hybridized carbons (Fsp3) is 0.692. The molecule has 1 saturated heterocycles. The predicted octanol–water partition coefficient (Wildman–Crippen LogP) is -0.0979. The van der Waals surface area contributed by atoms with E-state index in [4.69, 9.17) is 4.74 Å². The Kier molecular flexibility index (Phi) is 3.52. The molecular formula is C13H20N4O2. The lowest BCUT2D eigenvalue weighted by atomic mass is 9.93. The Morgan fingerprint density at radius 2 is 2.53 bits per heavy atom. The number of fused-ring (bicyclic) bond motifs is 1. The van der Waals surface area contributed by atoms with E-state index in [2.05, 4.69) is 15.7 Å². The zero-order valence-electron chi connectivity index (χ0n) is 11.2. The van der Waals surface area contributed by atoms with Gasteiger partial charge < -0.3 is 15.4 Å². The van der Waals surface area contributed by atoms with Crippen LogP contribution in [-0.2, 0) is 23.0 Å². The third-order valence-electron chi connectivity index (χ3n) is 3.91. The second kappa shape index (κ2) is 5.30. The number of aryl methyl sites for hydroxylation is 1. The van der Waals surface area contributed by atoms with Crippen LogP contribution in [0.3, 0.4) is 0 Å². The van der Waals surface area contributed by atoms with Crippen molar-refractivity contribution in [3.8, 4) is 0 Å². The highest BCUT2D eigenvalue weighted by atomic mass is 16.5. The summed E-state index contributed by atoms with van der Waals surface area (Å²) in [5.74, 6) is -0.0195. The van der Waals surface area contributed by atoms with Crippen molar-refractivity contribution in [3.05, 3.63) is 17.5 Å². The predicted molar refractivity (Wildman–Crippen MR) is 69.6 cm³/mol. The van der Waals surface area contributed by atoms with Crippen LogP contribution in [0.1, 0.15) is 30.1 Å². The van der Waals surface area contributed by atoms with Gasteiger partial charge in [-0.1, -0.05) is 0 Å². The first-order chi connectivity index (χ1) is 9.25. The summed E-state index contributed by atoms with van der Waals surface area (Å²) >= 11 is 0. The van der Waals surface area contributed by atoms with Crippen molar-refractivity contribution >= 4 is 5.91 Å². The Balaban J connectivity index is 1.68. The van der Waals surface area contributed by atoms with E-state index >= 15 is 0 Å². The highest BCUT2D eigenvalue weighted by molar-refractivity contribution is 5.81. The Hall–Kier alpha value is -1.40. The van der Waals surface area contributed by atoms with E-state index < -0.39 is 0 Å². The van der Waals surface area contributed by atoms with E-state index in [1.165, 1.54) is 5.69 Å². The molecule has 0 spiro atoms. The second-order valence-electron chi connectivity index (χ2n) is 5.19. The molecule has 0 saturated carbocycles. The molecular weight excluding hydrogens is 244 g/mol. The lowest BCUT2D eigenvalue weighted by Gasteiger charge is -2.28. The first kappa shape index (κ1) is 12.6. The van der Waals surface area contributed by atoms with Crippen LogP contribution in [0.4, 0.5) is 0 Å². The summed E-state index contributed by atoms with van der Waals surface area (Å²) in [6, 6.07) is 0.0791. The van der Waals surface area contributed by atoms with Gasteiger partial charge in [0.25, 0.3) is 5.91 Å². The van der Waals surface area contributed by atoms with E-state index in [1.807, 2.05) is 17.9 Å². The van der Waals surface area contributed by atoms with E-state index in [1.54, 1.807) is 0 Å². The second-order valence-corrected chi connectivity index (χ2v) is 5.19. The van der Waals surface area contributed by atoms with Gasteiger partial charge >= 0.3 is 0 Å². The summed E-state index contributed by atoms with van der Waals surface area (Å²) in [5, 5.41) is 10.6. The van der Waals surface area contributed by atoms with E-state index in [0.29, 0.717) is 13.2 Å². The van der Waals surface area contributed by atoms with Gasteiger partial charge in [0, 0.05) is 31.4 Å². The summed E-state index contributed by atoms with van der Waals surface area (Å²) in [5.41, 5.74) is 2.39. The fourth-order valence-electron chi connectivity index (χ4n) is 2.85. The van der Waals surface area contributed by atoms with Gasteiger partial charge in [0.05, 0.1) is 18.8 Å². The summed E-state index contributed by atoms with van der Waals surface area (Å²) in [7, 11) is 1.96. The molecule has 1 amide bonds. The van der Waals surface area contributed by atoms with E-state index in [0.717, 1.165) is 31.4 Å². The molecule has 0 aromatic carbocycles. The zero-order chi connectivity index (χ0) is 13.2. The number of hydrogen-bond donors (Lipinski definition) is 2. The van der Waals surface area contributed by atoms with Crippen molar-refractivity contribution in [1.82, 2.24) is 20.4 Å². The molecule has 6 nitrogen and oxygen atoms in total. The average Bonchev–Trinajstić information content (AvgIpc) is 2.83. The molecule has 1 aliphatic carbocycles. The lowest BCUT2D eigenvalue weighted by Crippen LogP contribution is -2.48. The highest BCUT2D eigenvalue weighted by Crippen LogP contribution is 2.29. The van der Waals surface area contributed by atoms with Crippen molar-refractivity contribution < 1.29 is 9.53 Å². The number of nitrogens with zero attached hydrogens (tertiary/aromatic N) is 2. The van der Waals surface area contributed by atoms with Crippen LogP contribution in [0.25, 0.3) is 0 Å². The monoisotopic (exact) mass is 264 g/mol. The lowest BCUT2D eigenvalue weighted by molar-refractivity contribution is -0.135. The van der Waals surface area contributed by atoms with Crippen LogP contribution in [-0.4, -0.2) is 41.5 Å². The first-order valence-electron chi connectivity index (χ1n) is 6.89. The number of amides is 1. The Morgan fingerprint density at radius 3 is 3.32 bits per heavy atom. The molecule has 0 bridgehead atoms. The molecule has 2 unspecified atom stereocenters. The number of nitrogens with one attached hydrogen (secondary N) is 2. The van der Waals surface area contributed by atoms with Gasteiger partial charge in [-0.05, 0) is 19.3 Å². The molecule has 0 radical (unpaired) electrons. The molecule has 6 heteroatoms. The maximum absolute atomic E-state index is 12.2. The first-order valence-corrected chi connectivity index (χ1v) is 6.89. The SMILES string of the molecule is Cn1ncc2c1CCCC2NC(=O)C1CNCCO1. The quantitative estimate of drug-likeness (QED) is 0.783. The van der Waals surface area contributed by atoms with Crippen LogP contribution in [0.5, 0.6) is 0 Å². The maximum Gasteiger partial charge on any atom is 0.250 e. The molecule has 1 fully saturated rings. The molecule has 3 rings (SSSR count). The molecule has 2 N–H and O–H groups in total. The van der Waals surface area contributed by atoms with Gasteiger partial charge in [0.2, 0.25) is 0 Å². The van der Waals surface area contributed by atoms with Crippen LogP contribution in [0.15, 0.2) is 6.20 Å². The molecule has 2 heterocycles. The summed E-state index contributed by atoms with van der Waals surface area (Å²) < 4.78 is 7.39. The number of ether oxygens (including phenoxy) is 1. The Morgan fingerprint density at radius 1 is 1.63 bits per heavy atom. The average molecular weight is 264 g/mol. The van der Waals surface area contributed by atoms with Crippen molar-refractivity contribution in [2.75, 3.05) is 19.7 Å². The zero-order valence-corrected chi connectivity index (χ0v) is 11.2.